The Bertz CT molecular complexity index is 133. The van der Waals surface area contributed by atoms with Crippen LogP contribution in [0.5, 0.6) is 0 Å². The number of rotatable bonds is 0. The van der Waals surface area contributed by atoms with E-state index in [0.29, 0.717) is 0 Å². The monoisotopic (exact) mass is 612 g/mol. The second-order valence-electron chi connectivity index (χ2n) is 1.65. The van der Waals surface area contributed by atoms with Crippen LogP contribution in [0.4, 0.5) is 25.9 Å². The van der Waals surface area contributed by atoms with Crippen molar-refractivity contribution < 1.29 is 86.2 Å². The van der Waals surface area contributed by atoms with Crippen LogP contribution in [-0.2, 0) is 0 Å². The Morgan fingerprint density at radius 3 is 0.233 bits per heavy atom. The summed E-state index contributed by atoms with van der Waals surface area (Å²) in [5.74, 6) is 0. The van der Waals surface area contributed by atoms with Crippen molar-refractivity contribution in [2.45, 2.75) is 0 Å². The molecule has 0 fully saturated rings. The van der Waals surface area contributed by atoms with Gasteiger partial charge in [0.1, 0.15) is 44.4 Å². The maximum absolute atomic E-state index is 9.89. The average Bonchev–Trinajstić information content (AvgIpc) is 2.08. The van der Waals surface area contributed by atoms with Crippen molar-refractivity contribution in [3.8, 4) is 0 Å². The van der Waals surface area contributed by atoms with Gasteiger partial charge in [0, 0.05) is 0 Å². The van der Waals surface area contributed by atoms with Crippen molar-refractivity contribution in [2.75, 3.05) is 0 Å². The van der Waals surface area contributed by atoms with E-state index in [9.17, 15) is 25.9 Å². The summed E-state index contributed by atoms with van der Waals surface area (Å²) < 4.78 is 59.3. The van der Waals surface area contributed by atoms with Crippen molar-refractivity contribution in [3.63, 3.8) is 0 Å². The first-order valence-electron chi connectivity index (χ1n) is 4.14. The number of hydrogen-bond donors (Lipinski definition) is 0. The Balaban J connectivity index is -0.0000000125. The molecule has 0 radical (unpaired) electrons. The Kier molecular flexibility index (Phi) is 181. The minimum atomic E-state index is -3.17. The second-order valence-corrected chi connectivity index (χ2v) is 1.65. The molecule has 0 amide bonds. The van der Waals surface area contributed by atoms with Gasteiger partial charge >= 0.3 is 226 Å². The molecular formula is B6Ca6F6O12. The van der Waals surface area contributed by atoms with E-state index in [2.05, 4.69) is 0 Å². The zero-order valence-electron chi connectivity index (χ0n) is 14.9. The van der Waals surface area contributed by atoms with Gasteiger partial charge < -0.3 is 86.2 Å². The molecule has 0 atom stereocenters. The molecule has 0 saturated carbocycles. The van der Waals surface area contributed by atoms with E-state index < -0.39 is 44.4 Å². The van der Waals surface area contributed by atoms with Crippen LogP contribution in [0.1, 0.15) is 0 Å². The molecule has 30 heavy (non-hydrogen) atoms. The van der Waals surface area contributed by atoms with E-state index >= 15 is 0 Å². The summed E-state index contributed by atoms with van der Waals surface area (Å²) in [5.41, 5.74) is 0. The zero-order chi connectivity index (χ0) is 21.5. The zero-order valence-corrected chi connectivity index (χ0v) is 28.1. The van der Waals surface area contributed by atoms with Crippen molar-refractivity contribution in [1.29, 1.82) is 0 Å². The molecule has 0 heterocycles. The largest absolute Gasteiger partial charge is 2.00 e. The van der Waals surface area contributed by atoms with Crippen LogP contribution in [0.3, 0.4) is 0 Å². The van der Waals surface area contributed by atoms with Crippen molar-refractivity contribution in [3.05, 3.63) is 0 Å². The van der Waals surface area contributed by atoms with E-state index in [4.69, 9.17) is 60.3 Å². The molecule has 144 valence electrons. The van der Waals surface area contributed by atoms with Gasteiger partial charge in [-0.05, 0) is 0 Å². The van der Waals surface area contributed by atoms with Crippen molar-refractivity contribution in [1.82, 2.24) is 0 Å². The smallest absolute Gasteiger partial charge is 0.867 e. The van der Waals surface area contributed by atoms with Gasteiger partial charge in [0.05, 0.1) is 0 Å². The number of halogens is 6. The Hall–Kier alpha value is 7.05. The van der Waals surface area contributed by atoms with Gasteiger partial charge in [-0.1, -0.05) is 0 Å². The van der Waals surface area contributed by atoms with E-state index in [1.54, 1.807) is 0 Å². The minimum Gasteiger partial charge on any atom is -0.867 e. The molecule has 0 N–H and O–H groups in total. The SMILES string of the molecule is [Ca+2].[Ca+2].[Ca+2].[Ca+2].[Ca+2].[Ca+2].[O-]B([O-])F.[O-]B([O-])F.[O-]B([O-])F.[O-]B([O-])F.[O-]B([O-])F.[O-]B([O-])F. The van der Waals surface area contributed by atoms with Crippen molar-refractivity contribution in [2.24, 2.45) is 0 Å². The summed E-state index contributed by atoms with van der Waals surface area (Å²) in [5, 5.41) is 99.7. The fourth-order valence-electron chi connectivity index (χ4n) is 0. The maximum atomic E-state index is 9.89. The third kappa shape index (κ3) is 818. The molecule has 0 aliphatic rings. The van der Waals surface area contributed by atoms with Crippen molar-refractivity contribution >= 4 is 271 Å². The van der Waals surface area contributed by atoms with Gasteiger partial charge in [-0.25, -0.2) is 0 Å². The molecule has 0 saturated heterocycles. The van der Waals surface area contributed by atoms with Crippen LogP contribution >= 0.6 is 0 Å². The van der Waals surface area contributed by atoms with E-state index in [-0.39, 0.29) is 226 Å². The van der Waals surface area contributed by atoms with Gasteiger partial charge in [0.2, 0.25) is 0 Å². The van der Waals surface area contributed by atoms with E-state index in [1.807, 2.05) is 0 Å². The van der Waals surface area contributed by atoms with Gasteiger partial charge in [0.15, 0.2) is 0 Å². The van der Waals surface area contributed by atoms with Gasteiger partial charge in [-0.15, -0.1) is 0 Å². The molecule has 0 aromatic heterocycles. The Labute approximate surface area is 348 Å². The Morgan fingerprint density at radius 1 is 0.233 bits per heavy atom. The van der Waals surface area contributed by atoms with Crippen LogP contribution in [-0.4, -0.2) is 271 Å². The van der Waals surface area contributed by atoms with Gasteiger partial charge in [0.25, 0.3) is 0 Å². The topological polar surface area (TPSA) is 277 Å². The van der Waals surface area contributed by atoms with Crippen LogP contribution in [0.25, 0.3) is 0 Å². The van der Waals surface area contributed by atoms with Gasteiger partial charge in [-0.2, -0.15) is 0 Å². The molecule has 0 rings (SSSR count). The van der Waals surface area contributed by atoms with Crippen LogP contribution in [0.15, 0.2) is 0 Å². The van der Waals surface area contributed by atoms with E-state index in [1.165, 1.54) is 0 Å². The molecule has 0 aromatic carbocycles. The third-order valence-electron chi connectivity index (χ3n) is 0. The Morgan fingerprint density at radius 2 is 0.233 bits per heavy atom. The van der Waals surface area contributed by atoms with Crippen LogP contribution in [0, 0.1) is 0 Å². The molecule has 12 nitrogen and oxygen atoms in total. The summed E-state index contributed by atoms with van der Waals surface area (Å²) in [6.45, 7) is 0. The molecule has 0 unspecified atom stereocenters. The summed E-state index contributed by atoms with van der Waals surface area (Å²) in [6, 6.07) is 0. The predicted octanol–water partition coefficient (Wildman–Crippen LogP) is -16.3. The predicted molar refractivity (Wildman–Crippen MR) is 75.7 cm³/mol. The summed E-state index contributed by atoms with van der Waals surface area (Å²) in [7, 11) is -19.0. The summed E-state index contributed by atoms with van der Waals surface area (Å²) in [6.07, 6.45) is 0. The van der Waals surface area contributed by atoms with Crippen LogP contribution in [0.2, 0.25) is 0 Å². The molecular weight excluding hydrogens is 611 g/mol. The fraction of sp³-hybridized carbons (Fsp3) is 0. The first kappa shape index (κ1) is 76.7. The number of hydrogen-bond acceptors (Lipinski definition) is 12. The molecule has 0 spiro atoms. The first-order valence-corrected chi connectivity index (χ1v) is 4.14. The van der Waals surface area contributed by atoms with Crippen LogP contribution < -0.4 is 60.3 Å². The standard InChI is InChI=1S/6BFO2.6Ca/c6*2-1(3)4;;;;;;/q6*-2;6*+2. The van der Waals surface area contributed by atoms with E-state index in [0.717, 1.165) is 0 Å². The maximum Gasteiger partial charge on any atom is 2.00 e. The first-order chi connectivity index (χ1) is 10.4. The minimum absolute atomic E-state index is 0. The molecule has 30 heteroatoms. The normalized spacial score (nSPS) is 5.40. The average molecular weight is 611 g/mol. The second kappa shape index (κ2) is 70.6. The molecule has 0 aliphatic heterocycles. The quantitative estimate of drug-likeness (QED) is 0.182. The van der Waals surface area contributed by atoms with Gasteiger partial charge in [-0.3, -0.25) is 0 Å². The molecule has 0 bridgehead atoms. The summed E-state index contributed by atoms with van der Waals surface area (Å²) in [4.78, 5) is 0. The molecule has 0 aromatic rings. The molecule has 0 aliphatic carbocycles. The third-order valence-corrected chi connectivity index (χ3v) is 0. The summed E-state index contributed by atoms with van der Waals surface area (Å²) >= 11 is 0. The fourth-order valence-corrected chi connectivity index (χ4v) is 0.